The summed E-state index contributed by atoms with van der Waals surface area (Å²) in [7, 11) is 0. The van der Waals surface area contributed by atoms with E-state index < -0.39 is 0 Å². The highest BCUT2D eigenvalue weighted by Crippen LogP contribution is 2.12. The van der Waals surface area contributed by atoms with Gasteiger partial charge in [0.25, 0.3) is 0 Å². The lowest BCUT2D eigenvalue weighted by molar-refractivity contribution is 0.0737. The van der Waals surface area contributed by atoms with Gasteiger partial charge in [0.2, 0.25) is 12.7 Å². The minimum absolute atomic E-state index is 0.183. The Labute approximate surface area is 58.6 Å². The van der Waals surface area contributed by atoms with Gasteiger partial charge in [0.1, 0.15) is 0 Å². The Balaban J connectivity index is 2.62. The maximum atomic E-state index is 5.34. The Kier molecular flexibility index (Phi) is 1.94. The van der Waals surface area contributed by atoms with E-state index in [9.17, 15) is 0 Å². The van der Waals surface area contributed by atoms with Crippen LogP contribution in [-0.2, 0) is 9.47 Å². The van der Waals surface area contributed by atoms with Crippen molar-refractivity contribution < 1.29 is 9.47 Å². The first kappa shape index (κ1) is 6.67. The van der Waals surface area contributed by atoms with E-state index in [1.54, 1.807) is 6.08 Å². The first-order valence-corrected chi connectivity index (χ1v) is 2.72. The average Bonchev–Trinajstić information content (AvgIpc) is 2.31. The van der Waals surface area contributed by atoms with Gasteiger partial charge in [-0.2, -0.15) is 0 Å². The van der Waals surface area contributed by atoms with Crippen molar-refractivity contribution in [3.05, 3.63) is 23.9 Å². The molecular formula is C6H8N2O2. The van der Waals surface area contributed by atoms with Crippen molar-refractivity contribution in [2.24, 2.45) is 10.7 Å². The van der Waals surface area contributed by atoms with E-state index in [4.69, 9.17) is 15.2 Å². The van der Waals surface area contributed by atoms with E-state index in [2.05, 4.69) is 11.7 Å². The summed E-state index contributed by atoms with van der Waals surface area (Å²) in [6.45, 7) is 3.43. The molecule has 1 aliphatic heterocycles. The number of allylic oxidation sites excluding steroid dienone is 1. The molecule has 0 aromatic heterocycles. The molecular weight excluding hydrogens is 132 g/mol. The van der Waals surface area contributed by atoms with E-state index in [0.717, 1.165) is 0 Å². The van der Waals surface area contributed by atoms with Crippen LogP contribution >= 0.6 is 0 Å². The van der Waals surface area contributed by atoms with Gasteiger partial charge in [0.15, 0.2) is 5.76 Å². The van der Waals surface area contributed by atoms with E-state index >= 15 is 0 Å². The first-order valence-electron chi connectivity index (χ1n) is 2.72. The van der Waals surface area contributed by atoms with E-state index in [-0.39, 0.29) is 6.79 Å². The summed E-state index contributed by atoms with van der Waals surface area (Å²) in [5.41, 5.74) is 5.34. The molecule has 0 aromatic carbocycles. The lowest BCUT2D eigenvalue weighted by Gasteiger charge is -1.88. The van der Waals surface area contributed by atoms with Crippen molar-refractivity contribution in [1.82, 2.24) is 0 Å². The molecule has 0 atom stereocenters. The van der Waals surface area contributed by atoms with Crippen LogP contribution in [0.15, 0.2) is 28.9 Å². The van der Waals surface area contributed by atoms with Crippen molar-refractivity contribution in [2.45, 2.75) is 0 Å². The third kappa shape index (κ3) is 1.28. The molecule has 0 amide bonds. The molecule has 0 fully saturated rings. The van der Waals surface area contributed by atoms with Crippen molar-refractivity contribution in [3.63, 3.8) is 0 Å². The smallest absolute Gasteiger partial charge is 0.233 e. The average molecular weight is 140 g/mol. The fourth-order valence-corrected chi connectivity index (χ4v) is 0.549. The van der Waals surface area contributed by atoms with Crippen LogP contribution in [0.2, 0.25) is 0 Å². The van der Waals surface area contributed by atoms with Crippen LogP contribution in [0.5, 0.6) is 0 Å². The molecule has 0 bridgehead atoms. The van der Waals surface area contributed by atoms with E-state index in [1.165, 1.54) is 6.20 Å². The first-order chi connectivity index (χ1) is 4.84. The molecule has 54 valence electrons. The molecule has 4 nitrogen and oxygen atoms in total. The maximum absolute atomic E-state index is 5.34. The lowest BCUT2D eigenvalue weighted by atomic mass is 10.5. The molecule has 4 heteroatoms. The molecule has 0 aliphatic carbocycles. The molecule has 0 spiro atoms. The van der Waals surface area contributed by atoms with E-state index in [1.807, 2.05) is 0 Å². The minimum atomic E-state index is 0.183. The van der Waals surface area contributed by atoms with Gasteiger partial charge in [-0.05, 0) is 6.72 Å². The number of aliphatic imine (C=N–C) groups is 1. The summed E-state index contributed by atoms with van der Waals surface area (Å²) in [6.07, 6.45) is 3.08. The Hall–Kier alpha value is -1.45. The summed E-state index contributed by atoms with van der Waals surface area (Å²) < 4.78 is 9.71. The Morgan fingerprint density at radius 3 is 2.90 bits per heavy atom. The van der Waals surface area contributed by atoms with Crippen molar-refractivity contribution >= 4 is 6.72 Å². The van der Waals surface area contributed by atoms with Gasteiger partial charge >= 0.3 is 0 Å². The molecule has 0 unspecified atom stereocenters. The van der Waals surface area contributed by atoms with Gasteiger partial charge in [-0.3, -0.25) is 4.99 Å². The number of ether oxygens (including phenoxy) is 2. The summed E-state index contributed by atoms with van der Waals surface area (Å²) in [6, 6.07) is 0. The SMILES string of the molecule is C=N/C=C\C1=C(N)OCO1. The number of hydrogen-bond acceptors (Lipinski definition) is 4. The second-order valence-electron chi connectivity index (χ2n) is 1.63. The van der Waals surface area contributed by atoms with Gasteiger partial charge in [-0.15, -0.1) is 0 Å². The highest BCUT2D eigenvalue weighted by Gasteiger charge is 2.09. The Bertz CT molecular complexity index is 196. The van der Waals surface area contributed by atoms with Crippen LogP contribution in [0.4, 0.5) is 0 Å². The van der Waals surface area contributed by atoms with Crippen molar-refractivity contribution in [3.8, 4) is 0 Å². The van der Waals surface area contributed by atoms with Crippen LogP contribution < -0.4 is 5.73 Å². The molecule has 10 heavy (non-hydrogen) atoms. The topological polar surface area (TPSA) is 56.8 Å². The Morgan fingerprint density at radius 2 is 2.40 bits per heavy atom. The molecule has 0 saturated heterocycles. The van der Waals surface area contributed by atoms with Crippen molar-refractivity contribution in [2.75, 3.05) is 6.79 Å². The molecule has 0 radical (unpaired) electrons. The standard InChI is InChI=1S/C6H8N2O2/c1-8-3-2-5-6(7)10-4-9-5/h2-3H,1,4,7H2/b3-2-. The second-order valence-corrected chi connectivity index (χ2v) is 1.63. The largest absolute Gasteiger partial charge is 0.452 e. The zero-order valence-electron chi connectivity index (χ0n) is 5.41. The summed E-state index contributed by atoms with van der Waals surface area (Å²) in [4.78, 5) is 3.48. The second kappa shape index (κ2) is 2.91. The molecule has 0 saturated carbocycles. The third-order valence-electron chi connectivity index (χ3n) is 1.00. The Morgan fingerprint density at radius 1 is 1.60 bits per heavy atom. The normalized spacial score (nSPS) is 17.2. The zero-order valence-corrected chi connectivity index (χ0v) is 5.41. The lowest BCUT2D eigenvalue weighted by Crippen LogP contribution is -1.97. The van der Waals surface area contributed by atoms with Gasteiger partial charge in [-0.25, -0.2) is 0 Å². The van der Waals surface area contributed by atoms with Crippen LogP contribution in [0.3, 0.4) is 0 Å². The maximum Gasteiger partial charge on any atom is 0.233 e. The fourth-order valence-electron chi connectivity index (χ4n) is 0.549. The summed E-state index contributed by atoms with van der Waals surface area (Å²) in [5.74, 6) is 0.798. The van der Waals surface area contributed by atoms with Gasteiger partial charge in [0, 0.05) is 12.3 Å². The van der Waals surface area contributed by atoms with Gasteiger partial charge in [0.05, 0.1) is 0 Å². The van der Waals surface area contributed by atoms with Crippen molar-refractivity contribution in [1.29, 1.82) is 0 Å². The van der Waals surface area contributed by atoms with Crippen LogP contribution in [0, 0.1) is 0 Å². The highest BCUT2D eigenvalue weighted by molar-refractivity contribution is 5.27. The predicted octanol–water partition coefficient (Wildman–Crippen LogP) is 0.333. The molecule has 2 N–H and O–H groups in total. The minimum Gasteiger partial charge on any atom is -0.452 e. The zero-order chi connectivity index (χ0) is 7.40. The summed E-state index contributed by atoms with van der Waals surface area (Å²) in [5, 5.41) is 0. The van der Waals surface area contributed by atoms with E-state index in [0.29, 0.717) is 11.6 Å². The van der Waals surface area contributed by atoms with Crippen LogP contribution in [0.25, 0.3) is 0 Å². The van der Waals surface area contributed by atoms with Gasteiger partial charge in [-0.1, -0.05) is 0 Å². The van der Waals surface area contributed by atoms with Crippen LogP contribution in [0.1, 0.15) is 0 Å². The monoisotopic (exact) mass is 140 g/mol. The number of nitrogens with zero attached hydrogens (tertiary/aromatic N) is 1. The number of hydrogen-bond donors (Lipinski definition) is 1. The highest BCUT2D eigenvalue weighted by atomic mass is 16.7. The molecule has 1 heterocycles. The molecule has 1 rings (SSSR count). The number of nitrogens with two attached hydrogens (primary N) is 1. The fraction of sp³-hybridized carbons (Fsp3) is 0.167. The predicted molar refractivity (Wildman–Crippen MR) is 36.9 cm³/mol. The summed E-state index contributed by atoms with van der Waals surface area (Å²) >= 11 is 0. The quantitative estimate of drug-likeness (QED) is 0.562. The molecule has 1 aliphatic rings. The number of rotatable bonds is 2. The third-order valence-corrected chi connectivity index (χ3v) is 1.00. The van der Waals surface area contributed by atoms with Gasteiger partial charge < -0.3 is 15.2 Å². The molecule has 0 aromatic rings. The van der Waals surface area contributed by atoms with Crippen LogP contribution in [-0.4, -0.2) is 13.5 Å².